The van der Waals surface area contributed by atoms with Gasteiger partial charge in [0, 0.05) is 30.4 Å². The van der Waals surface area contributed by atoms with E-state index < -0.39 is 12.2 Å². The minimum Gasteiger partial charge on any atom is -0.393 e. The van der Waals surface area contributed by atoms with Crippen LogP contribution in [0.5, 0.6) is 0 Å². The van der Waals surface area contributed by atoms with Crippen LogP contribution in [0.3, 0.4) is 0 Å². The first-order valence-electron chi connectivity index (χ1n) is 13.8. The third kappa shape index (κ3) is 7.00. The molecule has 0 fully saturated rings. The summed E-state index contributed by atoms with van der Waals surface area (Å²) in [6, 6.07) is 19.6. The third-order valence-corrected chi connectivity index (χ3v) is 6.95. The highest BCUT2D eigenvalue weighted by atomic mass is 19.1. The number of hydrogen-bond donors (Lipinski definition) is 3. The molecule has 2 aromatic carbocycles. The molecule has 2 atom stereocenters. The minimum atomic E-state index is -0.710. The van der Waals surface area contributed by atoms with E-state index >= 15 is 0 Å². The van der Waals surface area contributed by atoms with E-state index in [9.17, 15) is 19.4 Å². The maximum atomic E-state index is 13.7. The molecule has 8 heteroatoms. The lowest BCUT2D eigenvalue weighted by atomic mass is 10.0. The molecular formula is C32H37FN4O3. The summed E-state index contributed by atoms with van der Waals surface area (Å²) in [6.45, 7) is 6.50. The number of amides is 1. The van der Waals surface area contributed by atoms with Gasteiger partial charge < -0.3 is 20.1 Å². The average molecular weight is 545 g/mol. The molecule has 2 heterocycles. The lowest BCUT2D eigenvalue weighted by Gasteiger charge is -2.19. The van der Waals surface area contributed by atoms with Gasteiger partial charge in [0.1, 0.15) is 17.3 Å². The Morgan fingerprint density at radius 1 is 0.975 bits per heavy atom. The molecule has 1 amide bonds. The van der Waals surface area contributed by atoms with Gasteiger partial charge in [-0.15, -0.1) is 0 Å². The fraction of sp³-hybridized carbons (Fsp3) is 0.344. The van der Waals surface area contributed by atoms with Gasteiger partial charge in [-0.2, -0.15) is 0 Å². The van der Waals surface area contributed by atoms with Gasteiger partial charge >= 0.3 is 0 Å². The number of aromatic nitrogens is 3. The van der Waals surface area contributed by atoms with Crippen LogP contribution < -0.4 is 5.32 Å². The first-order valence-corrected chi connectivity index (χ1v) is 13.8. The predicted molar refractivity (Wildman–Crippen MR) is 154 cm³/mol. The molecule has 3 N–H and O–H groups in total. The number of pyridine rings is 1. The highest BCUT2D eigenvalue weighted by Crippen LogP contribution is 2.29. The van der Waals surface area contributed by atoms with Gasteiger partial charge in [0.2, 0.25) is 0 Å². The molecule has 40 heavy (non-hydrogen) atoms. The number of imidazole rings is 1. The van der Waals surface area contributed by atoms with E-state index in [1.807, 2.05) is 67.8 Å². The number of carbonyl (C=O) groups is 1. The van der Waals surface area contributed by atoms with Gasteiger partial charge in [-0.1, -0.05) is 57.2 Å². The lowest BCUT2D eigenvalue weighted by molar-refractivity contribution is 0.0711. The number of halogens is 1. The first-order chi connectivity index (χ1) is 19.3. The zero-order valence-corrected chi connectivity index (χ0v) is 23.2. The molecule has 0 bridgehead atoms. The van der Waals surface area contributed by atoms with Gasteiger partial charge in [0.05, 0.1) is 23.6 Å². The molecule has 0 aliphatic rings. The maximum absolute atomic E-state index is 13.7. The number of nitrogens with zero attached hydrogens (tertiary/aromatic N) is 3. The van der Waals surface area contributed by atoms with Crippen molar-refractivity contribution in [3.05, 3.63) is 95.7 Å². The zero-order chi connectivity index (χ0) is 28.6. The normalized spacial score (nSPS) is 12.9. The van der Waals surface area contributed by atoms with E-state index in [4.69, 9.17) is 4.98 Å². The van der Waals surface area contributed by atoms with Gasteiger partial charge in [-0.3, -0.25) is 9.78 Å². The lowest BCUT2D eigenvalue weighted by Crippen LogP contribution is -2.25. The van der Waals surface area contributed by atoms with Crippen LogP contribution >= 0.6 is 0 Å². The Balaban J connectivity index is 1.65. The van der Waals surface area contributed by atoms with Gasteiger partial charge in [-0.25, -0.2) is 9.37 Å². The number of rotatable bonds is 12. The quantitative estimate of drug-likeness (QED) is 0.212. The summed E-state index contributed by atoms with van der Waals surface area (Å²) >= 11 is 0. The molecule has 0 saturated carbocycles. The summed E-state index contributed by atoms with van der Waals surface area (Å²) in [5.74, 6) is -0.211. The van der Waals surface area contributed by atoms with Crippen molar-refractivity contribution in [2.75, 3.05) is 0 Å². The number of nitrogens with one attached hydrogen (secondary N) is 1. The summed E-state index contributed by atoms with van der Waals surface area (Å²) in [4.78, 5) is 22.9. The Labute approximate surface area is 234 Å². The average Bonchev–Trinajstić information content (AvgIpc) is 3.35. The predicted octanol–water partition coefficient (Wildman–Crippen LogP) is 5.72. The summed E-state index contributed by atoms with van der Waals surface area (Å²) in [6.07, 6.45) is 1.66. The van der Waals surface area contributed by atoms with Crippen molar-refractivity contribution in [1.82, 2.24) is 19.9 Å². The van der Waals surface area contributed by atoms with Gasteiger partial charge in [-0.05, 0) is 61.1 Å². The van der Waals surface area contributed by atoms with Crippen molar-refractivity contribution in [2.24, 2.45) is 0 Å². The molecule has 2 aromatic heterocycles. The van der Waals surface area contributed by atoms with E-state index in [1.165, 1.54) is 12.1 Å². The van der Waals surface area contributed by atoms with E-state index in [2.05, 4.69) is 10.3 Å². The Morgan fingerprint density at radius 3 is 2.38 bits per heavy atom. The van der Waals surface area contributed by atoms with Crippen LogP contribution in [0.15, 0.2) is 72.9 Å². The Kier molecular flexibility index (Phi) is 9.79. The highest BCUT2D eigenvalue weighted by Gasteiger charge is 2.26. The topological polar surface area (TPSA) is 100 Å². The molecule has 0 spiro atoms. The van der Waals surface area contributed by atoms with E-state index in [0.29, 0.717) is 36.5 Å². The summed E-state index contributed by atoms with van der Waals surface area (Å²) < 4.78 is 15.7. The largest absolute Gasteiger partial charge is 0.393 e. The highest BCUT2D eigenvalue weighted by molar-refractivity contribution is 5.94. The fourth-order valence-corrected chi connectivity index (χ4v) is 4.84. The van der Waals surface area contributed by atoms with E-state index in [1.54, 1.807) is 18.3 Å². The zero-order valence-electron chi connectivity index (χ0n) is 23.2. The van der Waals surface area contributed by atoms with Crippen molar-refractivity contribution in [2.45, 2.75) is 71.2 Å². The number of benzene rings is 2. The molecule has 7 nitrogen and oxygen atoms in total. The fourth-order valence-electron chi connectivity index (χ4n) is 4.84. The monoisotopic (exact) mass is 544 g/mol. The smallest absolute Gasteiger partial charge is 0.272 e. The summed E-state index contributed by atoms with van der Waals surface area (Å²) in [7, 11) is 0. The molecule has 210 valence electrons. The van der Waals surface area contributed by atoms with Crippen LogP contribution in [-0.4, -0.2) is 42.9 Å². The van der Waals surface area contributed by atoms with Gasteiger partial charge in [0.15, 0.2) is 0 Å². The summed E-state index contributed by atoms with van der Waals surface area (Å²) in [5.41, 5.74) is 4.34. The number of hydrogen-bond acceptors (Lipinski definition) is 5. The second-order valence-electron chi connectivity index (χ2n) is 10.3. The van der Waals surface area contributed by atoms with Gasteiger partial charge in [0.25, 0.3) is 5.91 Å². The van der Waals surface area contributed by atoms with Crippen LogP contribution in [-0.2, 0) is 13.1 Å². The number of aliphatic hydroxyl groups is 2. The van der Waals surface area contributed by atoms with E-state index in [0.717, 1.165) is 22.5 Å². The Hall–Kier alpha value is -3.88. The maximum Gasteiger partial charge on any atom is 0.272 e. The van der Waals surface area contributed by atoms with Crippen molar-refractivity contribution in [1.29, 1.82) is 0 Å². The summed E-state index contributed by atoms with van der Waals surface area (Å²) in [5, 5.41) is 23.6. The van der Waals surface area contributed by atoms with Crippen molar-refractivity contribution < 1.29 is 19.4 Å². The van der Waals surface area contributed by atoms with E-state index in [-0.39, 0.29) is 30.6 Å². The van der Waals surface area contributed by atoms with Crippen LogP contribution in [0.2, 0.25) is 0 Å². The Morgan fingerprint density at radius 2 is 1.70 bits per heavy atom. The molecular weight excluding hydrogens is 507 g/mol. The second kappa shape index (κ2) is 13.5. The number of aliphatic hydroxyl groups excluding tert-OH is 2. The Bertz CT molecular complexity index is 1400. The third-order valence-electron chi connectivity index (χ3n) is 6.95. The molecule has 2 unspecified atom stereocenters. The van der Waals surface area contributed by atoms with Crippen molar-refractivity contribution in [3.8, 4) is 22.6 Å². The molecule has 0 radical (unpaired) electrons. The molecule has 4 rings (SSSR count). The SMILES string of the molecule is CCC(O)CC(O)CCn1c(-c2ccc(F)cc2)nc(C(=O)NCc2cccnc2-c2ccccc2)c1C(C)C. The second-order valence-corrected chi connectivity index (χ2v) is 10.3. The minimum absolute atomic E-state index is 0.0564. The van der Waals surface area contributed by atoms with Crippen LogP contribution in [0, 0.1) is 5.82 Å². The molecule has 0 aliphatic carbocycles. The first kappa shape index (κ1) is 29.1. The van der Waals surface area contributed by atoms with Crippen LogP contribution in [0.25, 0.3) is 22.6 Å². The van der Waals surface area contributed by atoms with Crippen molar-refractivity contribution in [3.63, 3.8) is 0 Å². The van der Waals surface area contributed by atoms with Crippen molar-refractivity contribution >= 4 is 5.91 Å². The standard InChI is InChI=1S/C32H37FN4O3/c1-4-26(38)19-27(39)16-18-37-30(21(2)3)29(36-31(37)23-12-14-25(33)15-13-23)32(40)35-20-24-11-8-17-34-28(24)22-9-6-5-7-10-22/h5-15,17,21,26-27,38-39H,4,16,18-20H2,1-3H3,(H,35,40). The van der Waals surface area contributed by atoms with Crippen LogP contribution in [0.1, 0.15) is 67.7 Å². The molecule has 4 aromatic rings. The molecule has 0 saturated heterocycles. The molecule has 0 aliphatic heterocycles. The van der Waals surface area contributed by atoms with Crippen LogP contribution in [0.4, 0.5) is 4.39 Å². The number of carbonyl (C=O) groups excluding carboxylic acids is 1.